The van der Waals surface area contributed by atoms with Gasteiger partial charge in [0.2, 0.25) is 0 Å². The molecule has 0 aliphatic heterocycles. The average molecular weight is 243 g/mol. The maximum Gasteiger partial charge on any atom is 0.131 e. The Morgan fingerprint density at radius 1 is 1.06 bits per heavy atom. The predicted molar refractivity (Wildman–Crippen MR) is 74.1 cm³/mol. The first-order valence-electron chi connectivity index (χ1n) is 5.90. The number of nitrogens with zero attached hydrogens (tertiary/aromatic N) is 2. The molecular weight excluding hydrogens is 226 g/mol. The highest BCUT2D eigenvalue weighted by atomic mass is 15.0. The molecule has 0 saturated carbocycles. The SMILES string of the molecule is Nc1ccc(CCCNc2cc(N)ncn2)cc1. The lowest BCUT2D eigenvalue weighted by atomic mass is 10.1. The standard InChI is InChI=1S/C13H17N5/c14-11-5-3-10(4-6-11)2-1-7-16-13-8-12(15)17-9-18-13/h3-6,8-9H,1-2,7,14H2,(H3,15,16,17,18). The van der Waals surface area contributed by atoms with E-state index in [2.05, 4.69) is 27.4 Å². The molecule has 5 N–H and O–H groups in total. The Bertz CT molecular complexity index is 495. The topological polar surface area (TPSA) is 89.8 Å². The van der Waals surface area contributed by atoms with Gasteiger partial charge in [-0.25, -0.2) is 9.97 Å². The van der Waals surface area contributed by atoms with Crippen LogP contribution in [0.5, 0.6) is 0 Å². The monoisotopic (exact) mass is 243 g/mol. The van der Waals surface area contributed by atoms with Crippen molar-refractivity contribution in [2.45, 2.75) is 12.8 Å². The fourth-order valence-electron chi connectivity index (χ4n) is 1.66. The molecular formula is C13H17N5. The molecule has 1 heterocycles. The maximum atomic E-state index is 5.63. The normalized spacial score (nSPS) is 10.2. The maximum absolute atomic E-state index is 5.63. The van der Waals surface area contributed by atoms with Gasteiger partial charge in [0.05, 0.1) is 0 Å². The summed E-state index contributed by atoms with van der Waals surface area (Å²) in [5, 5.41) is 3.21. The van der Waals surface area contributed by atoms with Gasteiger partial charge in [0, 0.05) is 18.3 Å². The van der Waals surface area contributed by atoms with Gasteiger partial charge in [-0.3, -0.25) is 0 Å². The van der Waals surface area contributed by atoms with Crippen molar-refractivity contribution in [1.82, 2.24) is 9.97 Å². The number of rotatable bonds is 5. The predicted octanol–water partition coefficient (Wildman–Crippen LogP) is 1.69. The number of nitrogens with two attached hydrogens (primary N) is 2. The zero-order chi connectivity index (χ0) is 12.8. The Labute approximate surface area is 106 Å². The number of nitrogen functional groups attached to an aromatic ring is 2. The smallest absolute Gasteiger partial charge is 0.131 e. The van der Waals surface area contributed by atoms with Gasteiger partial charge in [0.1, 0.15) is 18.0 Å². The molecule has 2 rings (SSSR count). The van der Waals surface area contributed by atoms with E-state index < -0.39 is 0 Å². The van der Waals surface area contributed by atoms with Crippen molar-refractivity contribution in [2.75, 3.05) is 23.3 Å². The zero-order valence-corrected chi connectivity index (χ0v) is 10.1. The molecule has 0 aliphatic carbocycles. The van der Waals surface area contributed by atoms with E-state index in [1.165, 1.54) is 11.9 Å². The summed E-state index contributed by atoms with van der Waals surface area (Å²) in [7, 11) is 0. The van der Waals surface area contributed by atoms with E-state index in [1.54, 1.807) is 6.07 Å². The van der Waals surface area contributed by atoms with E-state index in [1.807, 2.05) is 12.1 Å². The number of aryl methyl sites for hydroxylation is 1. The molecule has 0 saturated heterocycles. The Kier molecular flexibility index (Phi) is 3.96. The van der Waals surface area contributed by atoms with Crippen molar-refractivity contribution < 1.29 is 0 Å². The number of aromatic nitrogens is 2. The lowest BCUT2D eigenvalue weighted by molar-refractivity contribution is 0.858. The molecule has 2 aromatic rings. The number of hydrogen-bond donors (Lipinski definition) is 3. The number of benzene rings is 1. The van der Waals surface area contributed by atoms with Crippen LogP contribution < -0.4 is 16.8 Å². The molecule has 0 fully saturated rings. The molecule has 0 amide bonds. The van der Waals surface area contributed by atoms with Crippen LogP contribution in [0.25, 0.3) is 0 Å². The molecule has 1 aromatic heterocycles. The van der Waals surface area contributed by atoms with Gasteiger partial charge < -0.3 is 16.8 Å². The van der Waals surface area contributed by atoms with Crippen molar-refractivity contribution >= 4 is 17.3 Å². The number of hydrogen-bond acceptors (Lipinski definition) is 5. The molecule has 1 aromatic carbocycles. The summed E-state index contributed by atoms with van der Waals surface area (Å²) >= 11 is 0. The van der Waals surface area contributed by atoms with Gasteiger partial charge in [0.25, 0.3) is 0 Å². The Morgan fingerprint density at radius 2 is 1.83 bits per heavy atom. The van der Waals surface area contributed by atoms with Gasteiger partial charge in [-0.05, 0) is 30.5 Å². The molecule has 0 radical (unpaired) electrons. The van der Waals surface area contributed by atoms with E-state index in [0.717, 1.165) is 30.9 Å². The largest absolute Gasteiger partial charge is 0.399 e. The Hall–Kier alpha value is -2.30. The fourth-order valence-corrected chi connectivity index (χ4v) is 1.66. The van der Waals surface area contributed by atoms with Crippen LogP contribution in [0.3, 0.4) is 0 Å². The van der Waals surface area contributed by atoms with Crippen molar-refractivity contribution in [3.8, 4) is 0 Å². The lowest BCUT2D eigenvalue weighted by Crippen LogP contribution is -2.05. The van der Waals surface area contributed by atoms with Crippen molar-refractivity contribution in [3.63, 3.8) is 0 Å². The fraction of sp³-hybridized carbons (Fsp3) is 0.231. The highest BCUT2D eigenvalue weighted by molar-refractivity contribution is 5.43. The van der Waals surface area contributed by atoms with Crippen LogP contribution >= 0.6 is 0 Å². The van der Waals surface area contributed by atoms with Gasteiger partial charge >= 0.3 is 0 Å². The van der Waals surface area contributed by atoms with E-state index >= 15 is 0 Å². The average Bonchev–Trinajstić information content (AvgIpc) is 2.37. The van der Waals surface area contributed by atoms with Crippen LogP contribution in [0, 0.1) is 0 Å². The minimum absolute atomic E-state index is 0.478. The highest BCUT2D eigenvalue weighted by Gasteiger charge is 1.96. The second-order valence-electron chi connectivity index (χ2n) is 4.10. The minimum Gasteiger partial charge on any atom is -0.399 e. The zero-order valence-electron chi connectivity index (χ0n) is 10.1. The number of anilines is 3. The first-order chi connectivity index (χ1) is 8.74. The van der Waals surface area contributed by atoms with Crippen LogP contribution in [0.4, 0.5) is 17.3 Å². The van der Waals surface area contributed by atoms with Crippen molar-refractivity contribution in [1.29, 1.82) is 0 Å². The van der Waals surface area contributed by atoms with E-state index in [4.69, 9.17) is 11.5 Å². The summed E-state index contributed by atoms with van der Waals surface area (Å²) in [5.74, 6) is 1.24. The van der Waals surface area contributed by atoms with Crippen molar-refractivity contribution in [3.05, 3.63) is 42.2 Å². The third-order valence-electron chi connectivity index (χ3n) is 2.62. The van der Waals surface area contributed by atoms with Crippen LogP contribution in [-0.2, 0) is 6.42 Å². The quantitative estimate of drug-likeness (QED) is 0.549. The van der Waals surface area contributed by atoms with E-state index in [0.29, 0.717) is 5.82 Å². The van der Waals surface area contributed by atoms with Crippen LogP contribution in [0.15, 0.2) is 36.7 Å². The molecule has 0 unspecified atom stereocenters. The highest BCUT2D eigenvalue weighted by Crippen LogP contribution is 2.08. The summed E-state index contributed by atoms with van der Waals surface area (Å²) in [6, 6.07) is 9.68. The van der Waals surface area contributed by atoms with E-state index in [-0.39, 0.29) is 0 Å². The van der Waals surface area contributed by atoms with Crippen LogP contribution in [0.2, 0.25) is 0 Å². The second kappa shape index (κ2) is 5.86. The number of nitrogens with one attached hydrogen (secondary N) is 1. The molecule has 94 valence electrons. The summed E-state index contributed by atoms with van der Waals surface area (Å²) < 4.78 is 0. The first kappa shape index (κ1) is 12.2. The lowest BCUT2D eigenvalue weighted by Gasteiger charge is -2.06. The Balaban J connectivity index is 1.74. The van der Waals surface area contributed by atoms with Crippen LogP contribution in [0.1, 0.15) is 12.0 Å². The van der Waals surface area contributed by atoms with Gasteiger partial charge in [0.15, 0.2) is 0 Å². The summed E-state index contributed by atoms with van der Waals surface area (Å²) in [4.78, 5) is 7.92. The van der Waals surface area contributed by atoms with E-state index in [9.17, 15) is 0 Å². The first-order valence-corrected chi connectivity index (χ1v) is 5.90. The third kappa shape index (κ3) is 3.62. The molecule has 0 bridgehead atoms. The molecule has 5 heteroatoms. The molecule has 5 nitrogen and oxygen atoms in total. The molecule has 0 atom stereocenters. The summed E-state index contributed by atoms with van der Waals surface area (Å²) in [5.41, 5.74) is 13.3. The van der Waals surface area contributed by atoms with Gasteiger partial charge in [-0.15, -0.1) is 0 Å². The second-order valence-corrected chi connectivity index (χ2v) is 4.10. The summed E-state index contributed by atoms with van der Waals surface area (Å²) in [6.07, 6.45) is 3.49. The third-order valence-corrected chi connectivity index (χ3v) is 2.62. The van der Waals surface area contributed by atoms with Crippen LogP contribution in [-0.4, -0.2) is 16.5 Å². The van der Waals surface area contributed by atoms with Crippen molar-refractivity contribution in [2.24, 2.45) is 0 Å². The Morgan fingerprint density at radius 3 is 2.56 bits per heavy atom. The van der Waals surface area contributed by atoms with Gasteiger partial charge in [-0.2, -0.15) is 0 Å². The minimum atomic E-state index is 0.478. The molecule has 0 spiro atoms. The molecule has 0 aliphatic rings. The van der Waals surface area contributed by atoms with Gasteiger partial charge in [-0.1, -0.05) is 12.1 Å². The summed E-state index contributed by atoms with van der Waals surface area (Å²) in [6.45, 7) is 0.848. The molecule has 18 heavy (non-hydrogen) atoms.